The molecule has 0 aromatic heterocycles. The van der Waals surface area contributed by atoms with Crippen LogP contribution in [0.4, 0.5) is 0 Å². The van der Waals surface area contributed by atoms with Crippen LogP contribution < -0.4 is 20.7 Å². The highest BCUT2D eigenvalue weighted by molar-refractivity contribution is 7.20. The molecule has 0 aliphatic carbocycles. The third-order valence-electron chi connectivity index (χ3n) is 3.34. The van der Waals surface area contributed by atoms with Crippen molar-refractivity contribution in [1.82, 2.24) is 0 Å². The predicted octanol–water partition coefficient (Wildman–Crippen LogP) is -1.45. The molecule has 0 bridgehead atoms. The third kappa shape index (κ3) is 0.639. The Balaban J connectivity index is 2.18. The van der Waals surface area contributed by atoms with Crippen LogP contribution in [0.15, 0.2) is 12.1 Å². The summed E-state index contributed by atoms with van der Waals surface area (Å²) in [4.78, 5) is 0. The molecule has 0 saturated carbocycles. The van der Waals surface area contributed by atoms with Gasteiger partial charge in [0.2, 0.25) is 0 Å². The monoisotopic (exact) mass is 200 g/mol. The Labute approximate surface area is 80.2 Å². The summed E-state index contributed by atoms with van der Waals surface area (Å²) in [5, 5.41) is 6.00. The van der Waals surface area contributed by atoms with Crippen LogP contribution in [0, 0.1) is 0 Å². The van der Waals surface area contributed by atoms with Crippen molar-refractivity contribution in [2.24, 2.45) is 0 Å². The lowest BCUT2D eigenvalue weighted by Gasteiger charge is -2.23. The van der Waals surface area contributed by atoms with Gasteiger partial charge in [0, 0.05) is 0 Å². The van der Waals surface area contributed by atoms with E-state index in [1.54, 1.807) is 10.4 Å². The normalized spacial score (nSPS) is 21.8. The van der Waals surface area contributed by atoms with Gasteiger partial charge in [0.05, 0.1) is 20.5 Å². The van der Waals surface area contributed by atoms with Gasteiger partial charge in [-0.05, 0) is 12.1 Å². The van der Waals surface area contributed by atoms with Gasteiger partial charge in [-0.3, -0.25) is 0 Å². The van der Waals surface area contributed by atoms with Crippen molar-refractivity contribution in [2.45, 2.75) is 18.5 Å². The highest BCUT2D eigenvalue weighted by Gasteiger charge is 2.57. The van der Waals surface area contributed by atoms with Gasteiger partial charge in [0.25, 0.3) is 0 Å². The van der Waals surface area contributed by atoms with Crippen molar-refractivity contribution in [2.75, 3.05) is 0 Å². The van der Waals surface area contributed by atoms with E-state index < -0.39 is 8.07 Å². The van der Waals surface area contributed by atoms with Crippen LogP contribution in [0.3, 0.4) is 0 Å². The predicted molar refractivity (Wildman–Crippen MR) is 56.5 cm³/mol. The molecule has 1 aromatic rings. The van der Waals surface area contributed by atoms with Crippen molar-refractivity contribution in [3.63, 3.8) is 0 Å². The molecule has 12 heavy (non-hydrogen) atoms. The minimum atomic E-state index is -0.893. The first kappa shape index (κ1) is 7.29. The maximum Gasteiger partial charge on any atom is 0.117 e. The van der Waals surface area contributed by atoms with Gasteiger partial charge in [-0.15, -0.1) is 0 Å². The summed E-state index contributed by atoms with van der Waals surface area (Å²) in [7, 11) is 6.43. The molecule has 0 unspecified atom stereocenters. The summed E-state index contributed by atoms with van der Waals surface area (Å²) in [5.74, 6) is 0. The third-order valence-corrected chi connectivity index (χ3v) is 9.87. The molecule has 3 heteroatoms. The number of fused-ring (bicyclic) bond motifs is 3. The maximum atomic E-state index is 3.72. The Bertz CT molecular complexity index is 366. The van der Waals surface area contributed by atoms with Crippen LogP contribution in [-0.2, 0) is 0 Å². The van der Waals surface area contributed by atoms with Crippen molar-refractivity contribution in [3.8, 4) is 0 Å². The SMILES string of the molecule is [Si]c1ccc2c(c1[Si])[Si]21CCC1. The molecule has 0 nitrogen and oxygen atoms in total. The van der Waals surface area contributed by atoms with E-state index in [9.17, 15) is 0 Å². The molecule has 1 fully saturated rings. The molecule has 6 radical (unpaired) electrons. The smallest absolute Gasteiger partial charge is 0.0693 e. The minimum absolute atomic E-state index is 0.893. The second-order valence-corrected chi connectivity index (χ2v) is 9.09. The van der Waals surface area contributed by atoms with Gasteiger partial charge in [-0.2, -0.15) is 0 Å². The number of hydrogen-bond acceptors (Lipinski definition) is 0. The molecule has 1 saturated heterocycles. The molecule has 0 N–H and O–H groups in total. The van der Waals surface area contributed by atoms with E-state index >= 15 is 0 Å². The molecular formula is C9H8Si3. The van der Waals surface area contributed by atoms with Crippen molar-refractivity contribution >= 4 is 49.3 Å². The van der Waals surface area contributed by atoms with E-state index in [0.29, 0.717) is 0 Å². The standard InChI is InChI=1S/C9H8Si3/c10-6-2-3-7-9(8(6)11)12(7)4-1-5-12/h2-3H,1,4-5H2. The Morgan fingerprint density at radius 3 is 2.50 bits per heavy atom. The molecule has 3 rings (SSSR count). The Kier molecular flexibility index (Phi) is 1.23. The van der Waals surface area contributed by atoms with Crippen LogP contribution in [0.5, 0.6) is 0 Å². The highest BCUT2D eigenvalue weighted by Crippen LogP contribution is 2.37. The first-order valence-electron chi connectivity index (χ1n) is 4.37. The highest BCUT2D eigenvalue weighted by atomic mass is 28.3. The molecule has 56 valence electrons. The molecular weight excluding hydrogens is 192 g/mol. The van der Waals surface area contributed by atoms with Crippen LogP contribution in [0.1, 0.15) is 6.42 Å². The molecule has 0 amide bonds. The van der Waals surface area contributed by atoms with Gasteiger partial charge < -0.3 is 0 Å². The van der Waals surface area contributed by atoms with Crippen LogP contribution in [-0.4, -0.2) is 28.6 Å². The van der Waals surface area contributed by atoms with Gasteiger partial charge in [0.1, 0.15) is 8.07 Å². The quantitative estimate of drug-likeness (QED) is 0.450. The summed E-state index contributed by atoms with van der Waals surface area (Å²) in [6, 6.07) is 7.52. The average Bonchev–Trinajstić information content (AvgIpc) is 2.65. The second kappa shape index (κ2) is 2.02. The molecule has 2 heterocycles. The Morgan fingerprint density at radius 2 is 1.92 bits per heavy atom. The zero-order valence-electron chi connectivity index (χ0n) is 6.78. The fourth-order valence-corrected chi connectivity index (χ4v) is 8.45. The minimum Gasteiger partial charge on any atom is -0.0693 e. The topological polar surface area (TPSA) is 0 Å². The van der Waals surface area contributed by atoms with Gasteiger partial charge >= 0.3 is 0 Å². The Morgan fingerprint density at radius 1 is 1.17 bits per heavy atom. The van der Waals surface area contributed by atoms with Crippen molar-refractivity contribution in [3.05, 3.63) is 12.1 Å². The summed E-state index contributed by atoms with van der Waals surface area (Å²) in [5.41, 5.74) is 0. The van der Waals surface area contributed by atoms with E-state index in [1.165, 1.54) is 28.9 Å². The Hall–Kier alpha value is -0.129. The molecule has 2 aliphatic rings. The zero-order valence-corrected chi connectivity index (χ0v) is 9.78. The number of hydrogen-bond donors (Lipinski definition) is 0. The lowest BCUT2D eigenvalue weighted by molar-refractivity contribution is 0.943. The van der Waals surface area contributed by atoms with E-state index in [-0.39, 0.29) is 0 Å². The fourth-order valence-electron chi connectivity index (χ4n) is 2.43. The van der Waals surface area contributed by atoms with Crippen LogP contribution >= 0.6 is 0 Å². The van der Waals surface area contributed by atoms with E-state index in [4.69, 9.17) is 0 Å². The van der Waals surface area contributed by atoms with E-state index in [1.807, 2.05) is 0 Å². The molecule has 1 aromatic carbocycles. The van der Waals surface area contributed by atoms with Gasteiger partial charge in [0.15, 0.2) is 0 Å². The van der Waals surface area contributed by atoms with Crippen LogP contribution in [0.2, 0.25) is 12.1 Å². The maximum absolute atomic E-state index is 3.72. The largest absolute Gasteiger partial charge is 0.117 e. The van der Waals surface area contributed by atoms with E-state index in [2.05, 4.69) is 32.6 Å². The number of rotatable bonds is 0. The summed E-state index contributed by atoms with van der Waals surface area (Å²) >= 11 is 0. The summed E-state index contributed by atoms with van der Waals surface area (Å²) in [6.45, 7) is 0. The average molecular weight is 200 g/mol. The second-order valence-electron chi connectivity index (χ2n) is 3.85. The van der Waals surface area contributed by atoms with Crippen molar-refractivity contribution in [1.29, 1.82) is 0 Å². The lowest BCUT2D eigenvalue weighted by atomic mass is 10.4. The fraction of sp³-hybridized carbons (Fsp3) is 0.333. The molecule has 0 atom stereocenters. The van der Waals surface area contributed by atoms with Gasteiger partial charge in [-0.25, -0.2) is 0 Å². The first-order chi connectivity index (χ1) is 5.76. The molecule has 2 aliphatic heterocycles. The zero-order chi connectivity index (χ0) is 8.34. The first-order valence-corrected chi connectivity index (χ1v) is 7.78. The molecule has 1 spiro atoms. The van der Waals surface area contributed by atoms with Gasteiger partial charge in [-0.1, -0.05) is 39.3 Å². The van der Waals surface area contributed by atoms with Crippen molar-refractivity contribution < 1.29 is 0 Å². The number of benzene rings is 1. The summed E-state index contributed by atoms with van der Waals surface area (Å²) in [6.07, 6.45) is 1.46. The summed E-state index contributed by atoms with van der Waals surface area (Å²) < 4.78 is 0. The van der Waals surface area contributed by atoms with E-state index in [0.717, 1.165) is 0 Å². The lowest BCUT2D eigenvalue weighted by Crippen LogP contribution is -2.43. The van der Waals surface area contributed by atoms with Crippen LogP contribution in [0.25, 0.3) is 0 Å².